The highest BCUT2D eigenvalue weighted by atomic mass is 16.5. The standard InChI is InChI=1S/C16H10N2O/c19-18-15-8-4-3-7-13(15)17-14-10-9-11-5-1-2-6-12(11)16(14)18/h1-10H. The van der Waals surface area contributed by atoms with E-state index in [0.29, 0.717) is 11.0 Å². The van der Waals surface area contributed by atoms with E-state index >= 15 is 0 Å². The molecule has 0 amide bonds. The quantitative estimate of drug-likeness (QED) is 0.207. The van der Waals surface area contributed by atoms with Gasteiger partial charge in [-0.25, -0.2) is 4.98 Å². The number of nitrogens with zero attached hydrogens (tertiary/aromatic N) is 2. The van der Waals surface area contributed by atoms with Crippen LogP contribution < -0.4 is 4.73 Å². The predicted molar refractivity (Wildman–Crippen MR) is 75.7 cm³/mol. The summed E-state index contributed by atoms with van der Waals surface area (Å²) in [5.74, 6) is 0. The molecular formula is C16H10N2O. The molecule has 0 radical (unpaired) electrons. The van der Waals surface area contributed by atoms with Gasteiger partial charge in [-0.05, 0) is 23.6 Å². The minimum Gasteiger partial charge on any atom is -0.618 e. The Hall–Kier alpha value is -2.68. The van der Waals surface area contributed by atoms with Crippen molar-refractivity contribution in [2.75, 3.05) is 0 Å². The van der Waals surface area contributed by atoms with Gasteiger partial charge in [-0.15, -0.1) is 0 Å². The first kappa shape index (κ1) is 10.3. The van der Waals surface area contributed by atoms with Crippen LogP contribution >= 0.6 is 0 Å². The molecule has 1 aromatic heterocycles. The van der Waals surface area contributed by atoms with Crippen molar-refractivity contribution in [2.24, 2.45) is 0 Å². The van der Waals surface area contributed by atoms with E-state index in [4.69, 9.17) is 0 Å². The summed E-state index contributed by atoms with van der Waals surface area (Å²) in [4.78, 5) is 4.57. The Morgan fingerprint density at radius 3 is 2.53 bits per heavy atom. The van der Waals surface area contributed by atoms with Crippen molar-refractivity contribution in [2.45, 2.75) is 0 Å². The van der Waals surface area contributed by atoms with Gasteiger partial charge in [0.2, 0.25) is 5.52 Å². The van der Waals surface area contributed by atoms with E-state index in [1.165, 1.54) is 0 Å². The van der Waals surface area contributed by atoms with Crippen LogP contribution in [0.25, 0.3) is 32.8 Å². The van der Waals surface area contributed by atoms with Crippen LogP contribution in [0.3, 0.4) is 0 Å². The van der Waals surface area contributed by atoms with Gasteiger partial charge in [-0.2, -0.15) is 4.73 Å². The third kappa shape index (κ3) is 1.38. The lowest BCUT2D eigenvalue weighted by Gasteiger charge is -2.07. The third-order valence-corrected chi connectivity index (χ3v) is 3.42. The van der Waals surface area contributed by atoms with Gasteiger partial charge in [0.15, 0.2) is 0 Å². The smallest absolute Gasteiger partial charge is 0.250 e. The summed E-state index contributed by atoms with van der Waals surface area (Å²) < 4.78 is 0.986. The number of rotatable bonds is 0. The lowest BCUT2D eigenvalue weighted by molar-refractivity contribution is -0.547. The SMILES string of the molecule is [O-][n+]1c2ccccc2nc2ccc3ccccc3c21. The zero-order chi connectivity index (χ0) is 12.8. The Morgan fingerprint density at radius 1 is 0.789 bits per heavy atom. The number of para-hydroxylation sites is 2. The molecule has 4 aromatic rings. The minimum absolute atomic E-state index is 0.603. The zero-order valence-corrected chi connectivity index (χ0v) is 10.1. The molecule has 0 saturated carbocycles. The second-order valence-corrected chi connectivity index (χ2v) is 4.55. The Labute approximate surface area is 109 Å². The van der Waals surface area contributed by atoms with Crippen molar-refractivity contribution in [3.63, 3.8) is 0 Å². The third-order valence-electron chi connectivity index (χ3n) is 3.42. The fourth-order valence-electron chi connectivity index (χ4n) is 2.53. The van der Waals surface area contributed by atoms with Gasteiger partial charge in [0.05, 0.1) is 5.39 Å². The molecule has 0 bridgehead atoms. The summed E-state index contributed by atoms with van der Waals surface area (Å²) in [6, 6.07) is 19.2. The van der Waals surface area contributed by atoms with Gasteiger partial charge < -0.3 is 5.21 Å². The second kappa shape index (κ2) is 3.65. The number of hydrogen-bond donors (Lipinski definition) is 0. The molecule has 0 N–H and O–H groups in total. The van der Waals surface area contributed by atoms with Crippen molar-refractivity contribution in [3.05, 3.63) is 65.9 Å². The highest BCUT2D eigenvalue weighted by molar-refractivity contribution is 6.03. The monoisotopic (exact) mass is 246 g/mol. The highest BCUT2D eigenvalue weighted by Gasteiger charge is 2.14. The van der Waals surface area contributed by atoms with Gasteiger partial charge >= 0.3 is 0 Å². The number of aromatic nitrogens is 2. The van der Waals surface area contributed by atoms with Gasteiger partial charge in [0, 0.05) is 6.07 Å². The van der Waals surface area contributed by atoms with Crippen LogP contribution in [0.15, 0.2) is 60.7 Å². The molecule has 90 valence electrons. The van der Waals surface area contributed by atoms with Crippen molar-refractivity contribution in [3.8, 4) is 0 Å². The van der Waals surface area contributed by atoms with Gasteiger partial charge in [-0.1, -0.05) is 36.4 Å². The fourth-order valence-corrected chi connectivity index (χ4v) is 2.53. The zero-order valence-electron chi connectivity index (χ0n) is 10.1. The number of benzene rings is 3. The van der Waals surface area contributed by atoms with E-state index < -0.39 is 0 Å². The van der Waals surface area contributed by atoms with Crippen LogP contribution in [0, 0.1) is 5.21 Å². The maximum absolute atomic E-state index is 12.6. The van der Waals surface area contributed by atoms with Crippen LogP contribution in [-0.2, 0) is 0 Å². The molecule has 0 aliphatic carbocycles. The second-order valence-electron chi connectivity index (χ2n) is 4.55. The summed E-state index contributed by atoms with van der Waals surface area (Å²) >= 11 is 0. The van der Waals surface area contributed by atoms with Crippen molar-refractivity contribution < 1.29 is 4.73 Å². The lowest BCUT2D eigenvalue weighted by Crippen LogP contribution is -2.28. The maximum atomic E-state index is 12.6. The maximum Gasteiger partial charge on any atom is 0.250 e. The number of hydrogen-bond acceptors (Lipinski definition) is 2. The van der Waals surface area contributed by atoms with E-state index in [1.54, 1.807) is 6.07 Å². The summed E-state index contributed by atoms with van der Waals surface area (Å²) in [5.41, 5.74) is 2.69. The van der Waals surface area contributed by atoms with Crippen molar-refractivity contribution >= 4 is 32.8 Å². The van der Waals surface area contributed by atoms with Crippen molar-refractivity contribution in [1.29, 1.82) is 0 Å². The normalized spacial score (nSPS) is 11.4. The van der Waals surface area contributed by atoms with E-state index in [9.17, 15) is 5.21 Å². The first-order valence-corrected chi connectivity index (χ1v) is 6.14. The van der Waals surface area contributed by atoms with Crippen LogP contribution in [0.2, 0.25) is 0 Å². The molecular weight excluding hydrogens is 236 g/mol. The molecule has 3 aromatic carbocycles. The van der Waals surface area contributed by atoms with Gasteiger partial charge in [-0.3, -0.25) is 0 Å². The van der Waals surface area contributed by atoms with Crippen LogP contribution in [0.4, 0.5) is 0 Å². The average molecular weight is 246 g/mol. The first-order valence-electron chi connectivity index (χ1n) is 6.14. The van der Waals surface area contributed by atoms with Crippen LogP contribution in [-0.4, -0.2) is 4.98 Å². The lowest BCUT2D eigenvalue weighted by atomic mass is 10.1. The Morgan fingerprint density at radius 2 is 1.58 bits per heavy atom. The largest absolute Gasteiger partial charge is 0.618 e. The fraction of sp³-hybridized carbons (Fsp3) is 0. The molecule has 0 atom stereocenters. The molecule has 3 nitrogen and oxygen atoms in total. The van der Waals surface area contributed by atoms with E-state index in [1.807, 2.05) is 54.6 Å². The summed E-state index contributed by atoms with van der Waals surface area (Å²) in [6.45, 7) is 0. The topological polar surface area (TPSA) is 39.8 Å². The first-order chi connectivity index (χ1) is 9.34. The highest BCUT2D eigenvalue weighted by Crippen LogP contribution is 2.23. The average Bonchev–Trinajstić information content (AvgIpc) is 2.47. The van der Waals surface area contributed by atoms with Crippen LogP contribution in [0.5, 0.6) is 0 Å². The summed E-state index contributed by atoms with van der Waals surface area (Å²) in [6.07, 6.45) is 0. The molecule has 0 unspecified atom stereocenters. The molecule has 0 spiro atoms. The Balaban J connectivity index is 2.33. The molecule has 1 heterocycles. The van der Waals surface area contributed by atoms with Gasteiger partial charge in [0.1, 0.15) is 11.0 Å². The Kier molecular flexibility index (Phi) is 1.97. The molecule has 0 saturated heterocycles. The number of fused-ring (bicyclic) bond motifs is 4. The molecule has 3 heteroatoms. The summed E-state index contributed by atoms with van der Waals surface area (Å²) in [7, 11) is 0. The Bertz CT molecular complexity index is 931. The van der Waals surface area contributed by atoms with E-state index in [0.717, 1.165) is 26.5 Å². The van der Waals surface area contributed by atoms with Crippen LogP contribution in [0.1, 0.15) is 0 Å². The summed E-state index contributed by atoms with van der Waals surface area (Å²) in [5, 5.41) is 14.6. The predicted octanol–water partition coefficient (Wildman–Crippen LogP) is 3.17. The molecule has 0 aliphatic heterocycles. The van der Waals surface area contributed by atoms with E-state index in [-0.39, 0.29) is 0 Å². The van der Waals surface area contributed by atoms with Gasteiger partial charge in [0.25, 0.3) is 5.52 Å². The molecule has 4 rings (SSSR count). The molecule has 0 aliphatic rings. The molecule has 19 heavy (non-hydrogen) atoms. The molecule has 0 fully saturated rings. The minimum atomic E-state index is 0.603. The van der Waals surface area contributed by atoms with E-state index in [2.05, 4.69) is 4.98 Å². The van der Waals surface area contributed by atoms with Crippen molar-refractivity contribution in [1.82, 2.24) is 4.98 Å².